The molecule has 0 aliphatic heterocycles. The van der Waals surface area contributed by atoms with Crippen LogP contribution in [0.5, 0.6) is 0 Å². The molecule has 4 heteroatoms. The van der Waals surface area contributed by atoms with Crippen LogP contribution in [-0.2, 0) is 0 Å². The number of halogens is 1. The van der Waals surface area contributed by atoms with E-state index in [1.807, 2.05) is 12.1 Å². The van der Waals surface area contributed by atoms with Gasteiger partial charge in [0.05, 0.1) is 10.2 Å². The molecule has 0 saturated heterocycles. The largest absolute Gasteiger partial charge is 0.361 e. The SMILES string of the molecule is ClC1CC(CNc2nc3ccccc3s2)C1. The van der Waals surface area contributed by atoms with Crippen LogP contribution in [0.15, 0.2) is 24.3 Å². The molecule has 0 radical (unpaired) electrons. The minimum atomic E-state index is 0.405. The van der Waals surface area contributed by atoms with E-state index in [0.29, 0.717) is 5.38 Å². The molecule has 16 heavy (non-hydrogen) atoms. The van der Waals surface area contributed by atoms with E-state index in [1.54, 1.807) is 11.3 Å². The van der Waals surface area contributed by atoms with E-state index in [1.165, 1.54) is 4.70 Å². The number of thiazole rings is 1. The molecule has 1 fully saturated rings. The average molecular weight is 253 g/mol. The summed E-state index contributed by atoms with van der Waals surface area (Å²) in [5, 5.41) is 4.84. The summed E-state index contributed by atoms with van der Waals surface area (Å²) < 4.78 is 1.24. The first-order chi connectivity index (χ1) is 7.81. The van der Waals surface area contributed by atoms with Crippen LogP contribution in [0.25, 0.3) is 10.2 Å². The van der Waals surface area contributed by atoms with E-state index in [2.05, 4.69) is 22.4 Å². The molecule has 1 heterocycles. The van der Waals surface area contributed by atoms with Gasteiger partial charge in [0.1, 0.15) is 0 Å². The van der Waals surface area contributed by atoms with Gasteiger partial charge in [-0.2, -0.15) is 0 Å². The lowest BCUT2D eigenvalue weighted by atomic mass is 9.85. The highest BCUT2D eigenvalue weighted by atomic mass is 35.5. The van der Waals surface area contributed by atoms with Crippen LogP contribution in [0, 0.1) is 5.92 Å². The summed E-state index contributed by atoms with van der Waals surface area (Å²) >= 11 is 7.67. The zero-order valence-electron chi connectivity index (χ0n) is 8.82. The molecule has 0 spiro atoms. The molecule has 2 nitrogen and oxygen atoms in total. The molecule has 1 saturated carbocycles. The number of aromatic nitrogens is 1. The Hall–Kier alpha value is -0.800. The van der Waals surface area contributed by atoms with E-state index in [-0.39, 0.29) is 0 Å². The van der Waals surface area contributed by atoms with E-state index in [4.69, 9.17) is 11.6 Å². The Bertz CT molecular complexity index is 457. The predicted octanol–water partition coefficient (Wildman–Crippen LogP) is 3.73. The number of rotatable bonds is 3. The molecule has 0 bridgehead atoms. The van der Waals surface area contributed by atoms with Crippen LogP contribution in [0.4, 0.5) is 5.13 Å². The van der Waals surface area contributed by atoms with Crippen LogP contribution in [0.3, 0.4) is 0 Å². The summed E-state index contributed by atoms with van der Waals surface area (Å²) in [5.74, 6) is 0.731. The average Bonchev–Trinajstić information content (AvgIpc) is 2.65. The van der Waals surface area contributed by atoms with E-state index >= 15 is 0 Å². The van der Waals surface area contributed by atoms with E-state index < -0.39 is 0 Å². The fourth-order valence-electron chi connectivity index (χ4n) is 2.00. The number of para-hydroxylation sites is 1. The highest BCUT2D eigenvalue weighted by Gasteiger charge is 2.26. The second kappa shape index (κ2) is 4.22. The highest BCUT2D eigenvalue weighted by molar-refractivity contribution is 7.22. The molecule has 1 aliphatic carbocycles. The van der Waals surface area contributed by atoms with Gasteiger partial charge < -0.3 is 5.32 Å². The summed E-state index contributed by atoms with van der Waals surface area (Å²) in [7, 11) is 0. The van der Waals surface area contributed by atoms with Gasteiger partial charge in [0, 0.05) is 11.9 Å². The summed E-state index contributed by atoms with van der Waals surface area (Å²) in [5.41, 5.74) is 1.08. The Morgan fingerprint density at radius 3 is 2.94 bits per heavy atom. The fraction of sp³-hybridized carbons (Fsp3) is 0.417. The maximum Gasteiger partial charge on any atom is 0.183 e. The molecular weight excluding hydrogens is 240 g/mol. The Labute approximate surface area is 104 Å². The van der Waals surface area contributed by atoms with Gasteiger partial charge in [0.15, 0.2) is 5.13 Å². The predicted molar refractivity (Wildman–Crippen MR) is 70.5 cm³/mol. The number of nitrogens with one attached hydrogen (secondary N) is 1. The van der Waals surface area contributed by atoms with Crippen LogP contribution in [0.2, 0.25) is 0 Å². The first kappa shape index (κ1) is 10.4. The number of benzene rings is 1. The number of alkyl halides is 1. The molecule has 0 amide bonds. The van der Waals surface area contributed by atoms with Gasteiger partial charge in [0.2, 0.25) is 0 Å². The summed E-state index contributed by atoms with van der Waals surface area (Å²) in [6.45, 7) is 1.00. The minimum absolute atomic E-state index is 0.405. The van der Waals surface area contributed by atoms with E-state index in [9.17, 15) is 0 Å². The first-order valence-electron chi connectivity index (χ1n) is 5.55. The zero-order chi connectivity index (χ0) is 11.0. The van der Waals surface area contributed by atoms with Gasteiger partial charge in [-0.05, 0) is 30.9 Å². The van der Waals surface area contributed by atoms with Crippen molar-refractivity contribution in [2.45, 2.75) is 18.2 Å². The fourth-order valence-corrected chi connectivity index (χ4v) is 3.38. The molecule has 3 rings (SSSR count). The first-order valence-corrected chi connectivity index (χ1v) is 6.80. The highest BCUT2D eigenvalue weighted by Crippen LogP contribution is 2.32. The molecule has 84 valence electrons. The summed E-state index contributed by atoms with van der Waals surface area (Å²) in [6, 6.07) is 8.23. The summed E-state index contributed by atoms with van der Waals surface area (Å²) in [6.07, 6.45) is 2.28. The molecular formula is C12H13ClN2S. The van der Waals surface area contributed by atoms with Crippen molar-refractivity contribution in [2.24, 2.45) is 5.92 Å². The third kappa shape index (κ3) is 2.02. The van der Waals surface area contributed by atoms with Crippen molar-refractivity contribution in [3.8, 4) is 0 Å². The lowest BCUT2D eigenvalue weighted by Crippen LogP contribution is -2.29. The maximum absolute atomic E-state index is 5.95. The smallest absolute Gasteiger partial charge is 0.183 e. The van der Waals surface area contributed by atoms with Crippen molar-refractivity contribution in [1.29, 1.82) is 0 Å². The van der Waals surface area contributed by atoms with Crippen molar-refractivity contribution in [3.63, 3.8) is 0 Å². The van der Waals surface area contributed by atoms with Crippen LogP contribution >= 0.6 is 22.9 Å². The molecule has 0 unspecified atom stereocenters. The molecule has 0 atom stereocenters. The summed E-state index contributed by atoms with van der Waals surface area (Å²) in [4.78, 5) is 4.54. The molecule has 2 aromatic rings. The van der Waals surface area contributed by atoms with Crippen molar-refractivity contribution in [1.82, 2.24) is 4.98 Å². The van der Waals surface area contributed by atoms with Gasteiger partial charge in [-0.3, -0.25) is 0 Å². The van der Waals surface area contributed by atoms with Crippen LogP contribution in [0.1, 0.15) is 12.8 Å². The Kier molecular flexibility index (Phi) is 2.74. The van der Waals surface area contributed by atoms with Crippen LogP contribution in [-0.4, -0.2) is 16.9 Å². The normalized spacial score (nSPS) is 24.3. The lowest BCUT2D eigenvalue weighted by molar-refractivity contribution is 0.341. The van der Waals surface area contributed by atoms with Gasteiger partial charge in [0.25, 0.3) is 0 Å². The Morgan fingerprint density at radius 1 is 1.38 bits per heavy atom. The van der Waals surface area contributed by atoms with Crippen molar-refractivity contribution < 1.29 is 0 Å². The maximum atomic E-state index is 5.95. The second-order valence-corrected chi connectivity index (χ2v) is 5.95. The van der Waals surface area contributed by atoms with Crippen molar-refractivity contribution in [2.75, 3.05) is 11.9 Å². The topological polar surface area (TPSA) is 24.9 Å². The number of anilines is 1. The number of hydrogen-bond acceptors (Lipinski definition) is 3. The Balaban J connectivity index is 1.65. The molecule has 1 aromatic heterocycles. The number of fused-ring (bicyclic) bond motifs is 1. The number of hydrogen-bond donors (Lipinski definition) is 1. The van der Waals surface area contributed by atoms with Crippen molar-refractivity contribution >= 4 is 38.3 Å². The van der Waals surface area contributed by atoms with E-state index in [0.717, 1.165) is 36.0 Å². The third-order valence-electron chi connectivity index (χ3n) is 3.01. The molecule has 1 N–H and O–H groups in total. The van der Waals surface area contributed by atoms with Gasteiger partial charge in [-0.1, -0.05) is 23.5 Å². The second-order valence-electron chi connectivity index (χ2n) is 4.30. The minimum Gasteiger partial charge on any atom is -0.361 e. The molecule has 1 aromatic carbocycles. The monoisotopic (exact) mass is 252 g/mol. The van der Waals surface area contributed by atoms with Gasteiger partial charge in [-0.25, -0.2) is 4.98 Å². The third-order valence-corrected chi connectivity index (χ3v) is 4.36. The Morgan fingerprint density at radius 2 is 2.19 bits per heavy atom. The van der Waals surface area contributed by atoms with Crippen LogP contribution < -0.4 is 5.32 Å². The van der Waals surface area contributed by atoms with Crippen molar-refractivity contribution in [3.05, 3.63) is 24.3 Å². The number of nitrogens with zero attached hydrogens (tertiary/aromatic N) is 1. The van der Waals surface area contributed by atoms with Gasteiger partial charge in [-0.15, -0.1) is 11.6 Å². The zero-order valence-corrected chi connectivity index (χ0v) is 10.4. The van der Waals surface area contributed by atoms with Gasteiger partial charge >= 0.3 is 0 Å². The molecule has 1 aliphatic rings. The quantitative estimate of drug-likeness (QED) is 0.842. The lowest BCUT2D eigenvalue weighted by Gasteiger charge is -2.30. The standard InChI is InChI=1S/C12H13ClN2S/c13-9-5-8(6-9)7-14-12-15-10-3-1-2-4-11(10)16-12/h1-4,8-9H,5-7H2,(H,14,15).